The van der Waals surface area contributed by atoms with E-state index in [1.807, 2.05) is 0 Å². The summed E-state index contributed by atoms with van der Waals surface area (Å²) in [4.78, 5) is 23.4. The van der Waals surface area contributed by atoms with Gasteiger partial charge in [-0.2, -0.15) is 0 Å². The predicted molar refractivity (Wildman–Crippen MR) is 63.3 cm³/mol. The van der Waals surface area contributed by atoms with Crippen molar-refractivity contribution in [2.75, 3.05) is 0 Å². The number of para-hydroxylation sites is 1. The minimum Gasteiger partial charge on any atom is -0.507 e. The quantitative estimate of drug-likeness (QED) is 0.636. The van der Waals surface area contributed by atoms with Gasteiger partial charge in [-0.3, -0.25) is 9.59 Å². The lowest BCUT2D eigenvalue weighted by molar-refractivity contribution is -0.116. The van der Waals surface area contributed by atoms with Gasteiger partial charge in [-0.1, -0.05) is 12.1 Å². The molecule has 0 spiro atoms. The molecular weight excluding hydrogens is 250 g/mol. The topological polar surface area (TPSA) is 99.2 Å². The molecule has 1 amide bonds. The molecule has 1 fully saturated rings. The van der Waals surface area contributed by atoms with Crippen LogP contribution in [0.25, 0.3) is 0 Å². The van der Waals surface area contributed by atoms with E-state index in [1.54, 1.807) is 12.1 Å². The summed E-state index contributed by atoms with van der Waals surface area (Å²) in [6.07, 6.45) is -1.02. The Labute approximate surface area is 108 Å². The van der Waals surface area contributed by atoms with E-state index in [0.29, 0.717) is 0 Å². The van der Waals surface area contributed by atoms with Crippen LogP contribution in [-0.2, 0) is 9.53 Å². The number of aromatic hydroxyl groups is 1. The van der Waals surface area contributed by atoms with Gasteiger partial charge >= 0.3 is 0 Å². The van der Waals surface area contributed by atoms with Crippen LogP contribution in [0.2, 0.25) is 0 Å². The Hall–Kier alpha value is -2.18. The molecule has 3 rings (SSSR count). The molecule has 3 N–H and O–H groups in total. The van der Waals surface area contributed by atoms with Crippen molar-refractivity contribution in [1.29, 1.82) is 0 Å². The Morgan fingerprint density at radius 1 is 1.32 bits per heavy atom. The van der Waals surface area contributed by atoms with Crippen LogP contribution in [0.1, 0.15) is 10.4 Å². The largest absolute Gasteiger partial charge is 0.507 e. The molecule has 1 aromatic rings. The minimum atomic E-state index is -1.03. The molecule has 1 saturated heterocycles. The number of amides is 1. The van der Waals surface area contributed by atoms with Crippen molar-refractivity contribution in [2.24, 2.45) is 0 Å². The summed E-state index contributed by atoms with van der Waals surface area (Å²) in [6.45, 7) is 0. The number of epoxide rings is 1. The lowest BCUT2D eigenvalue weighted by Crippen LogP contribution is -2.37. The normalized spacial score (nSPS) is 28.4. The smallest absolute Gasteiger partial charge is 0.259 e. The molecule has 1 aliphatic carbocycles. The van der Waals surface area contributed by atoms with Gasteiger partial charge < -0.3 is 20.3 Å². The number of ketones is 1. The number of carbonyl (C=O) groups excluding carboxylic acids is 2. The van der Waals surface area contributed by atoms with Gasteiger partial charge in [-0.15, -0.1) is 0 Å². The minimum absolute atomic E-state index is 0.0712. The average molecular weight is 261 g/mol. The first-order valence-corrected chi connectivity index (χ1v) is 5.76. The molecule has 1 unspecified atom stereocenters. The summed E-state index contributed by atoms with van der Waals surface area (Å²) in [5, 5.41) is 21.8. The number of hydrogen-bond donors (Lipinski definition) is 3. The van der Waals surface area contributed by atoms with Crippen LogP contribution >= 0.6 is 0 Å². The number of carbonyl (C=O) groups is 2. The number of hydrogen-bond acceptors (Lipinski definition) is 5. The third-order valence-electron chi connectivity index (χ3n) is 3.14. The average Bonchev–Trinajstić information content (AvgIpc) is 3.17. The second-order valence-electron chi connectivity index (χ2n) is 4.44. The van der Waals surface area contributed by atoms with Gasteiger partial charge in [0, 0.05) is 6.08 Å². The zero-order valence-corrected chi connectivity index (χ0v) is 9.74. The van der Waals surface area contributed by atoms with Crippen molar-refractivity contribution < 1.29 is 24.5 Å². The molecule has 1 heterocycles. The fourth-order valence-electron chi connectivity index (χ4n) is 2.06. The molecule has 98 valence electrons. The number of benzene rings is 1. The van der Waals surface area contributed by atoms with Crippen molar-refractivity contribution in [2.45, 2.75) is 18.3 Å². The molecule has 0 radical (unpaired) electrons. The molecule has 0 aromatic heterocycles. The van der Waals surface area contributed by atoms with Crippen LogP contribution in [-0.4, -0.2) is 40.2 Å². The van der Waals surface area contributed by atoms with Crippen molar-refractivity contribution in [1.82, 2.24) is 5.32 Å². The maximum absolute atomic E-state index is 11.9. The lowest BCUT2D eigenvalue weighted by Gasteiger charge is -2.17. The van der Waals surface area contributed by atoms with Gasteiger partial charge in [-0.25, -0.2) is 0 Å². The molecule has 3 atom stereocenters. The van der Waals surface area contributed by atoms with E-state index in [1.165, 1.54) is 12.1 Å². The highest BCUT2D eigenvalue weighted by Crippen LogP contribution is 2.33. The van der Waals surface area contributed by atoms with Crippen LogP contribution < -0.4 is 5.32 Å². The second-order valence-corrected chi connectivity index (χ2v) is 4.44. The summed E-state index contributed by atoms with van der Waals surface area (Å²) in [6, 6.07) is 6.02. The molecular formula is C13H11NO5. The summed E-state index contributed by atoms with van der Waals surface area (Å²) >= 11 is 0. The Morgan fingerprint density at radius 3 is 2.79 bits per heavy atom. The van der Waals surface area contributed by atoms with E-state index >= 15 is 0 Å². The number of aliphatic hydroxyl groups excluding tert-OH is 1. The molecule has 6 heteroatoms. The molecule has 1 aliphatic heterocycles. The number of nitrogens with one attached hydrogen (secondary N) is 1. The van der Waals surface area contributed by atoms with Gasteiger partial charge in [0.2, 0.25) is 0 Å². The van der Waals surface area contributed by atoms with E-state index < -0.39 is 24.2 Å². The van der Waals surface area contributed by atoms with Gasteiger partial charge in [0.05, 0.1) is 11.3 Å². The van der Waals surface area contributed by atoms with Crippen LogP contribution in [0.5, 0.6) is 5.75 Å². The van der Waals surface area contributed by atoms with E-state index in [2.05, 4.69) is 5.32 Å². The van der Waals surface area contributed by atoms with Gasteiger partial charge in [-0.05, 0) is 12.1 Å². The number of aliphatic hydroxyl groups is 1. The Balaban J connectivity index is 1.80. The third kappa shape index (κ3) is 2.00. The van der Waals surface area contributed by atoms with E-state index in [4.69, 9.17) is 4.74 Å². The van der Waals surface area contributed by atoms with Gasteiger partial charge in [0.15, 0.2) is 5.78 Å². The summed E-state index contributed by atoms with van der Waals surface area (Å²) in [7, 11) is 0. The van der Waals surface area contributed by atoms with Gasteiger partial charge in [0.25, 0.3) is 5.91 Å². The predicted octanol–water partition coefficient (Wildman–Crippen LogP) is -0.283. The first kappa shape index (κ1) is 11.9. The highest BCUT2D eigenvalue weighted by Gasteiger charge is 2.53. The van der Waals surface area contributed by atoms with Crippen molar-refractivity contribution in [3.8, 4) is 5.75 Å². The third-order valence-corrected chi connectivity index (χ3v) is 3.14. The summed E-state index contributed by atoms with van der Waals surface area (Å²) in [5.74, 6) is -1.03. The zero-order valence-electron chi connectivity index (χ0n) is 9.74. The number of fused-ring (bicyclic) bond motifs is 1. The molecule has 2 aliphatic rings. The van der Waals surface area contributed by atoms with Crippen LogP contribution in [0.4, 0.5) is 0 Å². The first-order chi connectivity index (χ1) is 9.08. The SMILES string of the molecule is O=C(NC1=CC(=O)[C@H]2O[C@H]2C1O)c1ccccc1O. The van der Waals surface area contributed by atoms with Crippen LogP contribution in [0.3, 0.4) is 0 Å². The van der Waals surface area contributed by atoms with E-state index in [0.717, 1.165) is 6.08 Å². The second kappa shape index (κ2) is 4.18. The molecule has 1 aromatic carbocycles. The lowest BCUT2D eigenvalue weighted by atomic mass is 10.0. The van der Waals surface area contributed by atoms with E-state index in [9.17, 15) is 19.8 Å². The first-order valence-electron chi connectivity index (χ1n) is 5.76. The number of phenols is 1. The highest BCUT2D eigenvalue weighted by atomic mass is 16.6. The fraction of sp³-hybridized carbons (Fsp3) is 0.231. The maximum Gasteiger partial charge on any atom is 0.259 e. The van der Waals surface area contributed by atoms with Crippen LogP contribution in [0.15, 0.2) is 36.0 Å². The standard InChI is InChI=1S/C13H11NO5/c15-8-4-2-1-3-6(8)13(18)14-7-5-9(16)11-12(19-11)10(7)17/h1-5,10-12,15,17H,(H,14,18)/t10?,11-,12+/m1/s1. The van der Waals surface area contributed by atoms with E-state index in [-0.39, 0.29) is 22.8 Å². The molecule has 0 saturated carbocycles. The Kier molecular flexibility index (Phi) is 2.62. The number of phenolic OH excluding ortho intramolecular Hbond substituents is 1. The number of ether oxygens (including phenoxy) is 1. The highest BCUT2D eigenvalue weighted by molar-refractivity contribution is 6.01. The van der Waals surface area contributed by atoms with Gasteiger partial charge in [0.1, 0.15) is 24.1 Å². The Bertz CT molecular complexity index is 594. The van der Waals surface area contributed by atoms with Crippen molar-refractivity contribution >= 4 is 11.7 Å². The monoisotopic (exact) mass is 261 g/mol. The zero-order chi connectivity index (χ0) is 13.6. The van der Waals surface area contributed by atoms with Crippen molar-refractivity contribution in [3.05, 3.63) is 41.6 Å². The maximum atomic E-state index is 11.9. The summed E-state index contributed by atoms with van der Waals surface area (Å²) < 4.78 is 4.99. The van der Waals surface area contributed by atoms with Crippen molar-refractivity contribution in [3.63, 3.8) is 0 Å². The summed E-state index contributed by atoms with van der Waals surface area (Å²) in [5.41, 5.74) is 0.166. The van der Waals surface area contributed by atoms with Crippen LogP contribution in [0, 0.1) is 0 Å². The molecule has 19 heavy (non-hydrogen) atoms. The number of rotatable bonds is 2. The molecule has 6 nitrogen and oxygen atoms in total. The fourth-order valence-corrected chi connectivity index (χ4v) is 2.06. The Morgan fingerprint density at radius 2 is 2.05 bits per heavy atom. The molecule has 0 bridgehead atoms.